The van der Waals surface area contributed by atoms with E-state index in [9.17, 15) is 8.78 Å². The Morgan fingerprint density at radius 2 is 1.55 bits per heavy atom. The normalized spacial score (nSPS) is 19.6. The van der Waals surface area contributed by atoms with Crippen LogP contribution in [0.2, 0.25) is 0 Å². The van der Waals surface area contributed by atoms with Gasteiger partial charge < -0.3 is 4.74 Å². The van der Waals surface area contributed by atoms with Gasteiger partial charge in [-0.15, -0.1) is 0 Å². The van der Waals surface area contributed by atoms with E-state index in [4.69, 9.17) is 4.74 Å². The number of hydrogen-bond donors (Lipinski definition) is 0. The van der Waals surface area contributed by atoms with Gasteiger partial charge in [-0.1, -0.05) is 55.8 Å². The Hall–Kier alpha value is -2.16. The van der Waals surface area contributed by atoms with E-state index < -0.39 is 11.6 Å². The van der Waals surface area contributed by atoms with E-state index in [0.717, 1.165) is 44.9 Å². The van der Waals surface area contributed by atoms with Crippen LogP contribution < -0.4 is 4.74 Å². The van der Waals surface area contributed by atoms with Crippen LogP contribution in [0.3, 0.4) is 0 Å². The van der Waals surface area contributed by atoms with Gasteiger partial charge in [-0.05, 0) is 79.5 Å². The van der Waals surface area contributed by atoms with Gasteiger partial charge in [0.25, 0.3) is 0 Å². The average molecular weight is 399 g/mol. The van der Waals surface area contributed by atoms with Crippen molar-refractivity contribution >= 4 is 0 Å². The molecule has 2 aromatic carbocycles. The van der Waals surface area contributed by atoms with Crippen LogP contribution in [0.4, 0.5) is 8.78 Å². The first-order chi connectivity index (χ1) is 14.1. The molecule has 3 rings (SSSR count). The van der Waals surface area contributed by atoms with Gasteiger partial charge in [0.15, 0.2) is 11.6 Å². The zero-order chi connectivity index (χ0) is 20.6. The zero-order valence-electron chi connectivity index (χ0n) is 17.6. The summed E-state index contributed by atoms with van der Waals surface area (Å²) in [5.74, 6) is -0.989. The quantitative estimate of drug-likeness (QED) is 0.421. The van der Waals surface area contributed by atoms with Crippen molar-refractivity contribution in [3.63, 3.8) is 0 Å². The molecule has 0 bridgehead atoms. The largest absolute Gasteiger partial charge is 0.494 e. The van der Waals surface area contributed by atoms with Gasteiger partial charge in [-0.2, -0.15) is 4.39 Å². The lowest BCUT2D eigenvalue weighted by atomic mass is 9.78. The van der Waals surface area contributed by atoms with Gasteiger partial charge in [-0.3, -0.25) is 0 Å². The highest BCUT2D eigenvalue weighted by Gasteiger charge is 2.25. The second-order valence-electron chi connectivity index (χ2n) is 8.13. The minimum absolute atomic E-state index is 0.0251. The van der Waals surface area contributed by atoms with E-state index in [1.807, 2.05) is 0 Å². The van der Waals surface area contributed by atoms with Crippen LogP contribution in [-0.4, -0.2) is 7.11 Å². The van der Waals surface area contributed by atoms with Crippen LogP contribution >= 0.6 is 0 Å². The van der Waals surface area contributed by atoms with Gasteiger partial charge >= 0.3 is 0 Å². The monoisotopic (exact) mass is 398 g/mol. The fourth-order valence-corrected chi connectivity index (χ4v) is 4.34. The van der Waals surface area contributed by atoms with Crippen molar-refractivity contribution in [2.45, 2.75) is 64.2 Å². The van der Waals surface area contributed by atoms with Gasteiger partial charge in [-0.25, -0.2) is 4.39 Å². The van der Waals surface area contributed by atoms with Crippen molar-refractivity contribution in [3.05, 3.63) is 76.9 Å². The van der Waals surface area contributed by atoms with E-state index in [-0.39, 0.29) is 11.7 Å². The summed E-state index contributed by atoms with van der Waals surface area (Å²) in [5, 5.41) is 0. The highest BCUT2D eigenvalue weighted by molar-refractivity contribution is 5.33. The lowest BCUT2D eigenvalue weighted by Crippen LogP contribution is -2.13. The molecule has 2 aromatic rings. The summed E-state index contributed by atoms with van der Waals surface area (Å²) in [6, 6.07) is 12.2. The number of rotatable bonds is 8. The molecule has 1 aliphatic rings. The smallest absolute Gasteiger partial charge is 0.200 e. The molecular weight excluding hydrogens is 366 g/mol. The number of benzene rings is 2. The van der Waals surface area contributed by atoms with Crippen LogP contribution in [0, 0.1) is 17.6 Å². The predicted octanol–water partition coefficient (Wildman–Crippen LogP) is 7.39. The van der Waals surface area contributed by atoms with Crippen LogP contribution in [0.15, 0.2) is 48.6 Å². The third-order valence-corrected chi connectivity index (χ3v) is 6.08. The van der Waals surface area contributed by atoms with Gasteiger partial charge in [0, 0.05) is 0 Å². The van der Waals surface area contributed by atoms with E-state index in [0.29, 0.717) is 11.5 Å². The number of aryl methyl sites for hydroxylation is 2. The van der Waals surface area contributed by atoms with Crippen LogP contribution in [0.5, 0.6) is 5.75 Å². The number of ether oxygens (including phenoxy) is 1. The van der Waals surface area contributed by atoms with Crippen molar-refractivity contribution in [1.29, 1.82) is 0 Å². The first-order valence-electron chi connectivity index (χ1n) is 10.9. The van der Waals surface area contributed by atoms with Crippen molar-refractivity contribution in [2.24, 2.45) is 5.92 Å². The summed E-state index contributed by atoms with van der Waals surface area (Å²) in [6.07, 6.45) is 12.9. The lowest BCUT2D eigenvalue weighted by Gasteiger charge is -2.27. The maximum absolute atomic E-state index is 14.3. The molecule has 0 heterocycles. The second kappa shape index (κ2) is 10.6. The fourth-order valence-electron chi connectivity index (χ4n) is 4.34. The third kappa shape index (κ3) is 5.68. The summed E-state index contributed by atoms with van der Waals surface area (Å²) < 4.78 is 33.2. The minimum Gasteiger partial charge on any atom is -0.494 e. The summed E-state index contributed by atoms with van der Waals surface area (Å²) in [4.78, 5) is 0. The lowest BCUT2D eigenvalue weighted by molar-refractivity contribution is 0.349. The molecule has 156 valence electrons. The minimum atomic E-state index is -0.866. The summed E-state index contributed by atoms with van der Waals surface area (Å²) in [6.45, 7) is 2.21. The highest BCUT2D eigenvalue weighted by atomic mass is 19.2. The number of methoxy groups -OCH3 is 1. The van der Waals surface area contributed by atoms with Crippen molar-refractivity contribution in [2.75, 3.05) is 7.11 Å². The van der Waals surface area contributed by atoms with Crippen LogP contribution in [0.1, 0.15) is 68.1 Å². The fraction of sp³-hybridized carbons (Fsp3) is 0.462. The molecule has 1 aliphatic carbocycles. The molecule has 0 aliphatic heterocycles. The number of allylic oxidation sites excluding steroid dienone is 2. The Morgan fingerprint density at radius 1 is 0.897 bits per heavy atom. The molecule has 29 heavy (non-hydrogen) atoms. The molecule has 0 unspecified atom stereocenters. The highest BCUT2D eigenvalue weighted by Crippen LogP contribution is 2.39. The van der Waals surface area contributed by atoms with Crippen LogP contribution in [0.25, 0.3) is 0 Å². The maximum Gasteiger partial charge on any atom is 0.200 e. The summed E-state index contributed by atoms with van der Waals surface area (Å²) in [5.41, 5.74) is 3.30. The molecule has 0 N–H and O–H groups in total. The molecule has 0 atom stereocenters. The van der Waals surface area contributed by atoms with Gasteiger partial charge in [0.1, 0.15) is 0 Å². The molecule has 3 heteroatoms. The van der Waals surface area contributed by atoms with Crippen molar-refractivity contribution in [1.82, 2.24) is 0 Å². The number of hydrogen-bond acceptors (Lipinski definition) is 1. The Balaban J connectivity index is 1.45. The molecule has 0 saturated heterocycles. The van der Waals surface area contributed by atoms with E-state index >= 15 is 0 Å². The SMILES string of the molecule is CCCc1ccc(CC/C=C/C2CCC(c3ccc(OC)c(F)c3F)CC2)cc1. The first kappa shape index (κ1) is 21.5. The summed E-state index contributed by atoms with van der Waals surface area (Å²) in [7, 11) is 1.36. The molecule has 0 radical (unpaired) electrons. The van der Waals surface area contributed by atoms with Gasteiger partial charge in [0.05, 0.1) is 7.11 Å². The first-order valence-corrected chi connectivity index (χ1v) is 10.9. The summed E-state index contributed by atoms with van der Waals surface area (Å²) >= 11 is 0. The Kier molecular flexibility index (Phi) is 7.85. The molecule has 1 nitrogen and oxygen atoms in total. The Morgan fingerprint density at radius 3 is 2.17 bits per heavy atom. The molecule has 0 amide bonds. The zero-order valence-corrected chi connectivity index (χ0v) is 17.6. The molecule has 0 spiro atoms. The molecule has 1 fully saturated rings. The Bertz CT molecular complexity index is 802. The average Bonchev–Trinajstić information content (AvgIpc) is 2.75. The van der Waals surface area contributed by atoms with Gasteiger partial charge in [0.2, 0.25) is 5.82 Å². The van der Waals surface area contributed by atoms with Crippen molar-refractivity contribution in [3.8, 4) is 5.75 Å². The molecule has 0 aromatic heterocycles. The standard InChI is InChI=1S/C26H32F2O/c1-3-6-19-9-11-20(12-10-19)7-4-5-8-21-13-15-22(16-14-21)23-17-18-24(29-2)26(28)25(23)27/h5,8-12,17-18,21-22H,3-4,6-7,13-16H2,1-2H3/b8-5+. The molecular formula is C26H32F2O. The number of halogens is 2. The topological polar surface area (TPSA) is 9.23 Å². The Labute approximate surface area is 173 Å². The van der Waals surface area contributed by atoms with E-state index in [2.05, 4.69) is 43.3 Å². The second-order valence-corrected chi connectivity index (χ2v) is 8.13. The van der Waals surface area contributed by atoms with Crippen molar-refractivity contribution < 1.29 is 13.5 Å². The van der Waals surface area contributed by atoms with E-state index in [1.54, 1.807) is 6.07 Å². The predicted molar refractivity (Wildman–Crippen MR) is 116 cm³/mol. The maximum atomic E-state index is 14.3. The molecule has 1 saturated carbocycles. The van der Waals surface area contributed by atoms with Crippen LogP contribution in [-0.2, 0) is 12.8 Å². The third-order valence-electron chi connectivity index (χ3n) is 6.08. The van der Waals surface area contributed by atoms with E-state index in [1.165, 1.54) is 30.7 Å².